The minimum Gasteiger partial charge on any atom is -0.394 e. The fourth-order valence-corrected chi connectivity index (χ4v) is 4.80. The predicted molar refractivity (Wildman–Crippen MR) is 162 cm³/mol. The highest BCUT2D eigenvalue weighted by molar-refractivity contribution is 6.34. The number of nitrogens with zero attached hydrogens (tertiary/aromatic N) is 5. The average Bonchev–Trinajstić information content (AvgIpc) is 3.32. The molecule has 42 heavy (non-hydrogen) atoms. The summed E-state index contributed by atoms with van der Waals surface area (Å²) in [5.74, 6) is 0.101. The van der Waals surface area contributed by atoms with Gasteiger partial charge in [-0.1, -0.05) is 35.3 Å². The summed E-state index contributed by atoms with van der Waals surface area (Å²) in [4.78, 5) is 41.1. The lowest BCUT2D eigenvalue weighted by Crippen LogP contribution is -2.47. The number of hydrazone groups is 1. The van der Waals surface area contributed by atoms with Crippen molar-refractivity contribution in [2.75, 3.05) is 30.8 Å². The number of hydrogen-bond donors (Lipinski definition) is 6. The summed E-state index contributed by atoms with van der Waals surface area (Å²) >= 11 is 12.7. The Morgan fingerprint density at radius 2 is 2.02 bits per heavy atom. The van der Waals surface area contributed by atoms with Gasteiger partial charge in [-0.15, -0.1) is 0 Å². The number of aromatic nitrogens is 3. The van der Waals surface area contributed by atoms with Crippen LogP contribution in [0.25, 0.3) is 11.3 Å². The smallest absolute Gasteiger partial charge is 0.255 e. The molecule has 2 amide bonds. The summed E-state index contributed by atoms with van der Waals surface area (Å²) in [7, 11) is 1.59. The quantitative estimate of drug-likeness (QED) is 0.108. The number of halogens is 2. The third-order valence-electron chi connectivity index (χ3n) is 6.48. The van der Waals surface area contributed by atoms with Gasteiger partial charge in [-0.05, 0) is 37.6 Å². The first-order valence-electron chi connectivity index (χ1n) is 13.0. The van der Waals surface area contributed by atoms with Crippen molar-refractivity contribution in [2.24, 2.45) is 5.10 Å². The summed E-state index contributed by atoms with van der Waals surface area (Å²) in [6, 6.07) is 6.87. The van der Waals surface area contributed by atoms with Gasteiger partial charge in [0.15, 0.2) is 5.84 Å². The number of hydrogen-bond acceptors (Lipinski definition) is 10. The van der Waals surface area contributed by atoms with Gasteiger partial charge in [0.1, 0.15) is 11.9 Å². The van der Waals surface area contributed by atoms with Gasteiger partial charge in [0.05, 0.1) is 46.5 Å². The maximum atomic E-state index is 13.5. The molecule has 0 saturated carbocycles. The molecule has 0 spiro atoms. The maximum Gasteiger partial charge on any atom is 0.255 e. The van der Waals surface area contributed by atoms with E-state index in [-0.39, 0.29) is 29.3 Å². The van der Waals surface area contributed by atoms with Crippen molar-refractivity contribution >= 4 is 58.8 Å². The Labute approximate surface area is 252 Å². The average molecular weight is 614 g/mol. The molecular formula is C27H30Cl2N10O3. The Balaban J connectivity index is 1.52. The molecule has 1 aliphatic rings. The van der Waals surface area contributed by atoms with E-state index in [2.05, 4.69) is 41.4 Å². The van der Waals surface area contributed by atoms with E-state index >= 15 is 0 Å². The number of fused-ring (bicyclic) bond motifs is 1. The summed E-state index contributed by atoms with van der Waals surface area (Å²) in [6.07, 6.45) is 2.41. The number of rotatable bonds is 11. The number of amides is 2. The van der Waals surface area contributed by atoms with Crippen molar-refractivity contribution < 1.29 is 14.7 Å². The molecule has 0 saturated heterocycles. The normalized spacial score (nSPS) is 14.2. The topological polar surface area (TPSA) is 181 Å². The zero-order chi connectivity index (χ0) is 30.4. The van der Waals surface area contributed by atoms with E-state index in [1.807, 2.05) is 6.92 Å². The number of aliphatic hydroxyl groups is 1. The minimum atomic E-state index is -0.869. The van der Waals surface area contributed by atoms with Crippen LogP contribution in [0.15, 0.2) is 41.6 Å². The van der Waals surface area contributed by atoms with Crippen molar-refractivity contribution in [3.63, 3.8) is 0 Å². The van der Waals surface area contributed by atoms with E-state index in [1.54, 1.807) is 44.3 Å². The number of benzene rings is 1. The van der Waals surface area contributed by atoms with Gasteiger partial charge in [0.2, 0.25) is 11.9 Å². The fourth-order valence-electron chi connectivity index (χ4n) is 4.36. The van der Waals surface area contributed by atoms with Gasteiger partial charge < -0.3 is 36.8 Å². The van der Waals surface area contributed by atoms with E-state index < -0.39 is 24.6 Å². The SMILES string of the molecule is CCNc1ccc(Cl)c([C@@H](CO)NC(=O)[C@@H](C)N2Cc3ccc(-c4nc(N/C(C=N)=N/NC)ncc4Cl)cc3C2=O)n1. The Hall–Kier alpha value is -4.33. The molecule has 3 aromatic rings. The van der Waals surface area contributed by atoms with Crippen molar-refractivity contribution in [2.45, 2.75) is 32.5 Å². The fraction of sp³-hybridized carbons (Fsp3) is 0.296. The predicted octanol–water partition coefficient (Wildman–Crippen LogP) is 3.07. The van der Waals surface area contributed by atoms with Crippen LogP contribution >= 0.6 is 23.2 Å². The number of nitrogens with one attached hydrogen (secondary N) is 5. The second-order valence-electron chi connectivity index (χ2n) is 9.20. The van der Waals surface area contributed by atoms with Crippen LogP contribution in [0.2, 0.25) is 10.0 Å². The van der Waals surface area contributed by atoms with Gasteiger partial charge >= 0.3 is 0 Å². The Morgan fingerprint density at radius 1 is 1.24 bits per heavy atom. The first kappa shape index (κ1) is 30.6. The highest BCUT2D eigenvalue weighted by atomic mass is 35.5. The van der Waals surface area contributed by atoms with Crippen LogP contribution in [0.1, 0.15) is 41.5 Å². The molecule has 0 unspecified atom stereocenters. The molecule has 13 nitrogen and oxygen atoms in total. The van der Waals surface area contributed by atoms with Crippen molar-refractivity contribution in [1.82, 2.24) is 30.6 Å². The number of carbonyl (C=O) groups excluding carboxylic acids is 2. The minimum absolute atomic E-state index is 0.162. The van der Waals surface area contributed by atoms with E-state index in [4.69, 9.17) is 28.6 Å². The number of anilines is 2. The number of carbonyl (C=O) groups is 2. The number of aliphatic hydroxyl groups excluding tert-OH is 1. The van der Waals surface area contributed by atoms with Crippen molar-refractivity contribution in [3.8, 4) is 11.3 Å². The molecule has 6 N–H and O–H groups in total. The molecule has 15 heteroatoms. The third kappa shape index (κ3) is 6.59. The highest BCUT2D eigenvalue weighted by Crippen LogP contribution is 2.32. The van der Waals surface area contributed by atoms with Crippen molar-refractivity contribution in [1.29, 1.82) is 5.41 Å². The van der Waals surface area contributed by atoms with Gasteiger partial charge in [-0.3, -0.25) is 9.59 Å². The molecule has 0 aliphatic carbocycles. The molecular weight excluding hydrogens is 583 g/mol. The molecule has 2 atom stereocenters. The second kappa shape index (κ2) is 13.6. The molecule has 220 valence electrons. The highest BCUT2D eigenvalue weighted by Gasteiger charge is 2.35. The van der Waals surface area contributed by atoms with Crippen LogP contribution in [-0.4, -0.2) is 75.1 Å². The summed E-state index contributed by atoms with van der Waals surface area (Å²) in [5, 5.41) is 30.6. The van der Waals surface area contributed by atoms with Crippen molar-refractivity contribution in [3.05, 3.63) is 63.4 Å². The molecule has 1 aliphatic heterocycles. The van der Waals surface area contributed by atoms with Crippen LogP contribution in [-0.2, 0) is 11.3 Å². The molecule has 4 rings (SSSR count). The lowest BCUT2D eigenvalue weighted by Gasteiger charge is -2.26. The van der Waals surface area contributed by atoms with E-state index in [9.17, 15) is 14.7 Å². The molecule has 2 aromatic heterocycles. The zero-order valence-electron chi connectivity index (χ0n) is 23.1. The monoisotopic (exact) mass is 612 g/mol. The first-order valence-corrected chi connectivity index (χ1v) is 13.8. The third-order valence-corrected chi connectivity index (χ3v) is 7.07. The molecule has 0 fully saturated rings. The summed E-state index contributed by atoms with van der Waals surface area (Å²) in [6.45, 7) is 3.96. The Bertz CT molecular complexity index is 1530. The number of amidine groups is 1. The van der Waals surface area contributed by atoms with Gasteiger partial charge in [0, 0.05) is 31.3 Å². The van der Waals surface area contributed by atoms with Crippen LogP contribution in [0.4, 0.5) is 11.8 Å². The van der Waals surface area contributed by atoms with E-state index in [0.29, 0.717) is 39.9 Å². The summed E-state index contributed by atoms with van der Waals surface area (Å²) < 4.78 is 0. The molecule has 0 bridgehead atoms. The van der Waals surface area contributed by atoms with Gasteiger partial charge in [0.25, 0.3) is 5.91 Å². The van der Waals surface area contributed by atoms with Crippen LogP contribution in [0, 0.1) is 5.41 Å². The molecule has 1 aromatic carbocycles. The zero-order valence-corrected chi connectivity index (χ0v) is 24.6. The second-order valence-corrected chi connectivity index (χ2v) is 10.0. The number of pyridine rings is 1. The van der Waals surface area contributed by atoms with Crippen LogP contribution < -0.4 is 21.4 Å². The van der Waals surface area contributed by atoms with Crippen LogP contribution in [0.3, 0.4) is 0 Å². The van der Waals surface area contributed by atoms with Gasteiger partial charge in [-0.2, -0.15) is 5.10 Å². The maximum absolute atomic E-state index is 13.5. The lowest BCUT2D eigenvalue weighted by molar-refractivity contribution is -0.126. The van der Waals surface area contributed by atoms with Gasteiger partial charge in [-0.25, -0.2) is 15.0 Å². The molecule has 3 heterocycles. The van der Waals surface area contributed by atoms with E-state index in [1.165, 1.54) is 11.1 Å². The first-order chi connectivity index (χ1) is 20.2. The van der Waals surface area contributed by atoms with Crippen LogP contribution in [0.5, 0.6) is 0 Å². The summed E-state index contributed by atoms with van der Waals surface area (Å²) in [5.41, 5.74) is 4.99. The Morgan fingerprint density at radius 3 is 2.71 bits per heavy atom. The van der Waals surface area contributed by atoms with E-state index in [0.717, 1.165) is 11.8 Å². The lowest BCUT2D eigenvalue weighted by atomic mass is 10.0. The molecule has 0 radical (unpaired) electrons. The Kier molecular flexibility index (Phi) is 9.88. The standard InChI is InChI=1S/C27H30Cl2N10O3/c1-4-32-21-8-7-18(28)24(35-21)20(13-40)34-25(41)14(2)39-12-16-6-5-15(9-17(16)26(39)42)23-19(29)11-33-27(37-23)36-22(10-30)38-31-3/h5-11,14,20,30-31,40H,4,12-13H2,1-3H3,(H,32,35)(H,34,41)(H,33,36,37,38)/t14-,20-/m1/s1. The largest absolute Gasteiger partial charge is 0.394 e.